The number of esters is 1. The lowest BCUT2D eigenvalue weighted by Gasteiger charge is -2.49. The van der Waals surface area contributed by atoms with Crippen LogP contribution in [0.5, 0.6) is 5.75 Å². The van der Waals surface area contributed by atoms with Crippen molar-refractivity contribution in [3.05, 3.63) is 81.5 Å². The fourth-order valence-corrected chi connectivity index (χ4v) is 4.92. The Hall–Kier alpha value is -4.39. The highest BCUT2D eigenvalue weighted by atomic mass is 32.2. The summed E-state index contributed by atoms with van der Waals surface area (Å²) in [6.07, 6.45) is 0. The summed E-state index contributed by atoms with van der Waals surface area (Å²) in [5, 5.41) is 22.2. The van der Waals surface area contributed by atoms with E-state index in [2.05, 4.69) is 5.32 Å². The van der Waals surface area contributed by atoms with E-state index >= 15 is 0 Å². The highest BCUT2D eigenvalue weighted by Crippen LogP contribution is 2.40. The number of β-lactam (4-membered cyclic amide) rings is 1. The molecule has 1 fully saturated rings. The van der Waals surface area contributed by atoms with Crippen molar-refractivity contribution in [1.29, 1.82) is 0 Å². The molecule has 2 heterocycles. The largest absolute Gasteiger partial charge is 0.484 e. The van der Waals surface area contributed by atoms with Crippen LogP contribution in [0.25, 0.3) is 0 Å². The Balaban J connectivity index is 1.41. The van der Waals surface area contributed by atoms with Gasteiger partial charge in [0.15, 0.2) is 6.61 Å². The number of rotatable bonds is 9. The Kier molecular flexibility index (Phi) is 7.20. The molecular weight excluding hydrogens is 494 g/mol. The van der Waals surface area contributed by atoms with Gasteiger partial charge in [-0.25, -0.2) is 9.59 Å². The van der Waals surface area contributed by atoms with E-state index in [1.807, 2.05) is 0 Å². The number of fused-ring (bicyclic) bond motifs is 1. The van der Waals surface area contributed by atoms with Gasteiger partial charge in [-0.05, 0) is 29.8 Å². The molecule has 2 aromatic rings. The molecule has 2 atom stereocenters. The van der Waals surface area contributed by atoms with E-state index in [-0.39, 0.29) is 30.2 Å². The lowest BCUT2D eigenvalue weighted by Crippen LogP contribution is -2.71. The van der Waals surface area contributed by atoms with Gasteiger partial charge in [-0.1, -0.05) is 18.2 Å². The van der Waals surface area contributed by atoms with Crippen LogP contribution in [0.3, 0.4) is 0 Å². The molecule has 0 unspecified atom stereocenters. The number of nitrogens with one attached hydrogen (secondary N) is 1. The molecule has 2 aliphatic rings. The smallest absolute Gasteiger partial charge is 0.356 e. The number of amides is 2. The van der Waals surface area contributed by atoms with Crippen molar-refractivity contribution in [1.82, 2.24) is 10.2 Å². The van der Waals surface area contributed by atoms with Crippen LogP contribution in [-0.2, 0) is 30.5 Å². The van der Waals surface area contributed by atoms with Crippen molar-refractivity contribution >= 4 is 41.2 Å². The van der Waals surface area contributed by atoms with Crippen LogP contribution in [0, 0.1) is 10.1 Å². The molecule has 12 nitrogen and oxygen atoms in total. The summed E-state index contributed by atoms with van der Waals surface area (Å²) in [6.45, 7) is -0.615. The minimum atomic E-state index is -1.38. The standard InChI is InChI=1S/C23H19N3O9S/c27-17(11-34-15-4-2-1-3-5-15)24-18-20(28)25-19(16(22(29)30)12-36-21(18)25)23(31)35-10-13-6-8-14(9-7-13)26(32)33/h1-9,18,21H,10-12H2,(H,24,27)(H,29,30)/t18-,21+/m0/s1. The van der Waals surface area contributed by atoms with Crippen LogP contribution in [0.1, 0.15) is 5.56 Å². The summed E-state index contributed by atoms with van der Waals surface area (Å²) in [5.41, 5.74) is -0.395. The topological polar surface area (TPSA) is 165 Å². The maximum Gasteiger partial charge on any atom is 0.356 e. The van der Waals surface area contributed by atoms with E-state index < -0.39 is 45.8 Å². The van der Waals surface area contributed by atoms with Crippen molar-refractivity contribution in [2.24, 2.45) is 0 Å². The van der Waals surface area contributed by atoms with Crippen molar-refractivity contribution in [3.63, 3.8) is 0 Å². The third-order valence-electron chi connectivity index (χ3n) is 5.37. The number of benzene rings is 2. The number of thioether (sulfide) groups is 1. The average molecular weight is 513 g/mol. The Morgan fingerprint density at radius 1 is 1.14 bits per heavy atom. The number of nitro benzene ring substituents is 1. The minimum Gasteiger partial charge on any atom is -0.484 e. The summed E-state index contributed by atoms with van der Waals surface area (Å²) in [4.78, 5) is 60.9. The van der Waals surface area contributed by atoms with E-state index in [9.17, 15) is 34.4 Å². The average Bonchev–Trinajstić information content (AvgIpc) is 2.88. The van der Waals surface area contributed by atoms with Gasteiger partial charge in [0.25, 0.3) is 17.5 Å². The summed E-state index contributed by atoms with van der Waals surface area (Å²) in [6, 6.07) is 12.9. The predicted molar refractivity (Wildman–Crippen MR) is 125 cm³/mol. The van der Waals surface area contributed by atoms with E-state index in [0.717, 1.165) is 16.7 Å². The molecule has 186 valence electrons. The number of carboxylic acid groups (broad SMARTS) is 1. The van der Waals surface area contributed by atoms with Crippen molar-refractivity contribution < 1.29 is 38.7 Å². The first-order valence-electron chi connectivity index (χ1n) is 10.5. The van der Waals surface area contributed by atoms with Crippen molar-refractivity contribution in [3.8, 4) is 5.75 Å². The highest BCUT2D eigenvalue weighted by molar-refractivity contribution is 8.00. The number of carboxylic acids is 1. The number of nitro groups is 1. The number of nitrogens with zero attached hydrogens (tertiary/aromatic N) is 2. The van der Waals surface area contributed by atoms with E-state index in [1.165, 1.54) is 24.3 Å². The van der Waals surface area contributed by atoms with Crippen LogP contribution in [0.2, 0.25) is 0 Å². The van der Waals surface area contributed by atoms with Crippen molar-refractivity contribution in [2.75, 3.05) is 12.4 Å². The quantitative estimate of drug-likeness (QED) is 0.217. The van der Waals surface area contributed by atoms with Gasteiger partial charge in [-0.3, -0.25) is 24.6 Å². The maximum absolute atomic E-state index is 12.8. The van der Waals surface area contributed by atoms with Crippen LogP contribution in [-0.4, -0.2) is 62.5 Å². The molecule has 2 aliphatic heterocycles. The third-order valence-corrected chi connectivity index (χ3v) is 6.65. The summed E-state index contributed by atoms with van der Waals surface area (Å²) >= 11 is 1.10. The lowest BCUT2D eigenvalue weighted by atomic mass is 10.0. The minimum absolute atomic E-state index is 0.0847. The number of para-hydroxylation sites is 1. The number of carbonyl (C=O) groups is 4. The zero-order chi connectivity index (χ0) is 25.8. The second-order valence-corrected chi connectivity index (χ2v) is 8.79. The summed E-state index contributed by atoms with van der Waals surface area (Å²) in [5.74, 6) is -3.21. The highest BCUT2D eigenvalue weighted by Gasteiger charge is 2.55. The van der Waals surface area contributed by atoms with Gasteiger partial charge < -0.3 is 19.9 Å². The summed E-state index contributed by atoms with van der Waals surface area (Å²) in [7, 11) is 0. The first-order valence-corrected chi connectivity index (χ1v) is 11.6. The van der Waals surface area contributed by atoms with Crippen LogP contribution in [0.15, 0.2) is 65.9 Å². The molecule has 0 spiro atoms. The summed E-state index contributed by atoms with van der Waals surface area (Å²) < 4.78 is 10.6. The van der Waals surface area contributed by atoms with Gasteiger partial charge in [-0.15, -0.1) is 11.8 Å². The molecule has 2 aromatic carbocycles. The molecule has 36 heavy (non-hydrogen) atoms. The Morgan fingerprint density at radius 3 is 2.47 bits per heavy atom. The van der Waals surface area contributed by atoms with Crippen LogP contribution >= 0.6 is 11.8 Å². The molecule has 1 saturated heterocycles. The fourth-order valence-electron chi connectivity index (χ4n) is 3.58. The molecule has 0 aromatic heterocycles. The molecule has 0 bridgehead atoms. The molecule has 13 heteroatoms. The van der Waals surface area contributed by atoms with Gasteiger partial charge in [0.1, 0.15) is 29.5 Å². The second-order valence-electron chi connectivity index (χ2n) is 7.69. The van der Waals surface area contributed by atoms with Gasteiger partial charge >= 0.3 is 11.9 Å². The van der Waals surface area contributed by atoms with Crippen molar-refractivity contribution in [2.45, 2.75) is 18.0 Å². The predicted octanol–water partition coefficient (Wildman–Crippen LogP) is 1.46. The van der Waals surface area contributed by atoms with E-state index in [1.54, 1.807) is 30.3 Å². The monoisotopic (exact) mass is 513 g/mol. The number of ether oxygens (including phenoxy) is 2. The Morgan fingerprint density at radius 2 is 1.83 bits per heavy atom. The molecule has 2 amide bonds. The van der Waals surface area contributed by atoms with E-state index in [4.69, 9.17) is 9.47 Å². The van der Waals surface area contributed by atoms with Gasteiger partial charge in [-0.2, -0.15) is 0 Å². The zero-order valence-corrected chi connectivity index (χ0v) is 19.3. The number of non-ortho nitro benzene ring substituents is 1. The maximum atomic E-state index is 12.8. The number of aliphatic carboxylic acids is 1. The van der Waals surface area contributed by atoms with E-state index in [0.29, 0.717) is 11.3 Å². The molecule has 0 aliphatic carbocycles. The molecule has 4 rings (SSSR count). The number of carbonyl (C=O) groups excluding carboxylic acids is 3. The second kappa shape index (κ2) is 10.5. The SMILES string of the molecule is O=C(COc1ccccc1)N[C@H]1C(=O)N2C(C(=O)OCc3ccc([N+](=O)[O-])cc3)=C(C(=O)O)CS[C@H]12. The van der Waals surface area contributed by atoms with Crippen LogP contribution < -0.4 is 10.1 Å². The van der Waals surface area contributed by atoms with Gasteiger partial charge in [0, 0.05) is 17.9 Å². The number of hydrogen-bond acceptors (Lipinski definition) is 9. The lowest BCUT2D eigenvalue weighted by molar-refractivity contribution is -0.384. The first-order chi connectivity index (χ1) is 17.3. The normalized spacial score (nSPS) is 18.6. The molecular formula is C23H19N3O9S. The Bertz CT molecular complexity index is 1250. The molecule has 0 radical (unpaired) electrons. The van der Waals surface area contributed by atoms with Crippen LogP contribution in [0.4, 0.5) is 5.69 Å². The Labute approximate surface area is 208 Å². The molecule has 0 saturated carbocycles. The third kappa shape index (κ3) is 5.15. The first kappa shape index (κ1) is 24.7. The zero-order valence-electron chi connectivity index (χ0n) is 18.5. The van der Waals surface area contributed by atoms with Gasteiger partial charge in [0.2, 0.25) is 0 Å². The fraction of sp³-hybridized carbons (Fsp3) is 0.217. The molecule has 2 N–H and O–H groups in total. The van der Waals surface area contributed by atoms with Gasteiger partial charge in [0.05, 0.1) is 10.5 Å². The number of hydrogen-bond donors (Lipinski definition) is 2.